The van der Waals surface area contributed by atoms with Gasteiger partial charge < -0.3 is 9.84 Å². The Labute approximate surface area is 133 Å². The number of benzene rings is 2. The molecular weight excluding hydrogens is 300 g/mol. The molecule has 5 heteroatoms. The van der Waals surface area contributed by atoms with Gasteiger partial charge in [-0.2, -0.15) is 0 Å². The number of esters is 1. The van der Waals surface area contributed by atoms with Crippen LogP contribution in [0, 0.1) is 0 Å². The summed E-state index contributed by atoms with van der Waals surface area (Å²) in [6.07, 6.45) is 0.964. The maximum atomic E-state index is 11.9. The fourth-order valence-corrected chi connectivity index (χ4v) is 2.86. The topological polar surface area (TPSA) is 63.6 Å². The van der Waals surface area contributed by atoms with E-state index in [4.69, 9.17) is 9.84 Å². The minimum Gasteiger partial charge on any atom is -0.478 e. The van der Waals surface area contributed by atoms with Crippen LogP contribution in [-0.4, -0.2) is 24.2 Å². The molecule has 2 aromatic carbocycles. The maximum Gasteiger partial charge on any atom is 0.339 e. The molecule has 0 aliphatic carbocycles. The van der Waals surface area contributed by atoms with Gasteiger partial charge in [-0.15, -0.1) is 0 Å². The molecule has 0 fully saturated rings. The van der Waals surface area contributed by atoms with Crippen LogP contribution in [0.15, 0.2) is 52.3 Å². The predicted molar refractivity (Wildman–Crippen MR) is 84.7 cm³/mol. The van der Waals surface area contributed by atoms with E-state index in [1.54, 1.807) is 6.07 Å². The summed E-state index contributed by atoms with van der Waals surface area (Å²) in [6.45, 7) is 2.09. The van der Waals surface area contributed by atoms with Gasteiger partial charge >= 0.3 is 11.9 Å². The summed E-state index contributed by atoms with van der Waals surface area (Å²) in [5.74, 6) is -1.62. The van der Waals surface area contributed by atoms with Crippen LogP contribution in [-0.2, 0) is 11.2 Å². The molecule has 0 saturated heterocycles. The third kappa shape index (κ3) is 3.68. The highest BCUT2D eigenvalue weighted by Gasteiger charge is 2.16. The zero-order valence-corrected chi connectivity index (χ0v) is 13.1. The van der Waals surface area contributed by atoms with E-state index in [0.29, 0.717) is 4.90 Å². The fraction of sp³-hybridized carbons (Fsp3) is 0.176. The van der Waals surface area contributed by atoms with Crippen molar-refractivity contribution in [3.05, 3.63) is 59.2 Å². The van der Waals surface area contributed by atoms with Gasteiger partial charge in [0.05, 0.1) is 18.2 Å². The molecule has 0 aromatic heterocycles. The lowest BCUT2D eigenvalue weighted by atomic mass is 10.1. The summed E-state index contributed by atoms with van der Waals surface area (Å²) in [5.41, 5.74) is 1.55. The lowest BCUT2D eigenvalue weighted by Gasteiger charge is -2.09. The Morgan fingerprint density at radius 3 is 2.36 bits per heavy atom. The molecule has 0 heterocycles. The highest BCUT2D eigenvalue weighted by atomic mass is 32.2. The molecule has 2 aromatic rings. The second kappa shape index (κ2) is 7.13. The van der Waals surface area contributed by atoms with Crippen LogP contribution in [0.5, 0.6) is 0 Å². The summed E-state index contributed by atoms with van der Waals surface area (Å²) in [6, 6.07) is 12.5. The molecule has 0 bridgehead atoms. The second-order valence-electron chi connectivity index (χ2n) is 4.61. The molecule has 0 atom stereocenters. The quantitative estimate of drug-likeness (QED) is 0.848. The van der Waals surface area contributed by atoms with E-state index in [9.17, 15) is 9.59 Å². The third-order valence-electron chi connectivity index (χ3n) is 3.19. The molecule has 0 aliphatic rings. The van der Waals surface area contributed by atoms with Crippen LogP contribution in [0.4, 0.5) is 0 Å². The van der Waals surface area contributed by atoms with Gasteiger partial charge in [-0.3, -0.25) is 0 Å². The number of rotatable bonds is 5. The third-order valence-corrected chi connectivity index (χ3v) is 4.28. The first-order chi connectivity index (χ1) is 10.5. The van der Waals surface area contributed by atoms with E-state index in [2.05, 4.69) is 6.92 Å². The van der Waals surface area contributed by atoms with Crippen LogP contribution in [0.1, 0.15) is 33.2 Å². The maximum absolute atomic E-state index is 11.9. The van der Waals surface area contributed by atoms with E-state index >= 15 is 0 Å². The molecule has 4 nitrogen and oxygen atoms in total. The predicted octanol–water partition coefficient (Wildman–Crippen LogP) is 3.89. The Morgan fingerprint density at radius 2 is 1.82 bits per heavy atom. The number of hydrogen-bond acceptors (Lipinski definition) is 4. The van der Waals surface area contributed by atoms with E-state index in [-0.39, 0.29) is 11.1 Å². The molecule has 0 spiro atoms. The highest BCUT2D eigenvalue weighted by Crippen LogP contribution is 2.31. The summed E-state index contributed by atoms with van der Waals surface area (Å²) >= 11 is 1.40. The Bertz CT molecular complexity index is 692. The molecule has 0 amide bonds. The molecule has 2 rings (SSSR count). The van der Waals surface area contributed by atoms with Crippen molar-refractivity contribution in [3.63, 3.8) is 0 Å². The lowest BCUT2D eigenvalue weighted by Crippen LogP contribution is -2.06. The van der Waals surface area contributed by atoms with E-state index in [0.717, 1.165) is 11.3 Å². The van der Waals surface area contributed by atoms with Crippen molar-refractivity contribution < 1.29 is 19.4 Å². The van der Waals surface area contributed by atoms with Crippen molar-refractivity contribution in [1.82, 2.24) is 0 Å². The first-order valence-electron chi connectivity index (χ1n) is 6.77. The van der Waals surface area contributed by atoms with Crippen LogP contribution in [0.25, 0.3) is 0 Å². The average Bonchev–Trinajstić information content (AvgIpc) is 2.55. The van der Waals surface area contributed by atoms with Gasteiger partial charge in [0.25, 0.3) is 0 Å². The Kier molecular flexibility index (Phi) is 5.22. The van der Waals surface area contributed by atoms with Crippen LogP contribution < -0.4 is 0 Å². The van der Waals surface area contributed by atoms with Gasteiger partial charge in [0.15, 0.2) is 0 Å². The zero-order valence-electron chi connectivity index (χ0n) is 12.3. The number of carbonyl (C=O) groups excluding carboxylic acids is 1. The Morgan fingerprint density at radius 1 is 1.14 bits per heavy atom. The van der Waals surface area contributed by atoms with Gasteiger partial charge in [0.2, 0.25) is 0 Å². The van der Waals surface area contributed by atoms with Crippen molar-refractivity contribution in [2.24, 2.45) is 0 Å². The SMILES string of the molecule is CCc1ccc(Sc2ccc(C(=O)O)cc2C(=O)OC)cc1. The van der Waals surface area contributed by atoms with Crippen molar-refractivity contribution in [2.45, 2.75) is 23.1 Å². The molecule has 1 N–H and O–H groups in total. The first kappa shape index (κ1) is 16.1. The Hall–Kier alpha value is -2.27. The number of aromatic carboxylic acids is 1. The van der Waals surface area contributed by atoms with E-state index in [1.807, 2.05) is 24.3 Å². The number of carbonyl (C=O) groups is 2. The van der Waals surface area contributed by atoms with E-state index < -0.39 is 11.9 Å². The fourth-order valence-electron chi connectivity index (χ4n) is 1.94. The minimum atomic E-state index is -1.07. The summed E-state index contributed by atoms with van der Waals surface area (Å²) in [4.78, 5) is 24.6. The van der Waals surface area contributed by atoms with Gasteiger partial charge in [-0.1, -0.05) is 30.8 Å². The standard InChI is InChI=1S/C17H16O4S/c1-3-11-4-7-13(8-5-11)22-15-9-6-12(16(18)19)10-14(15)17(20)21-2/h4-10H,3H2,1-2H3,(H,18,19). The molecular formula is C17H16O4S. The number of carboxylic acids is 1. The van der Waals surface area contributed by atoms with Gasteiger partial charge in [-0.05, 0) is 42.3 Å². The van der Waals surface area contributed by atoms with Crippen LogP contribution >= 0.6 is 11.8 Å². The van der Waals surface area contributed by atoms with Crippen molar-refractivity contribution >= 4 is 23.7 Å². The smallest absolute Gasteiger partial charge is 0.339 e. The number of ether oxygens (including phenoxy) is 1. The molecule has 22 heavy (non-hydrogen) atoms. The van der Waals surface area contributed by atoms with Gasteiger partial charge in [0, 0.05) is 9.79 Å². The minimum absolute atomic E-state index is 0.0612. The number of carboxylic acid groups (broad SMARTS) is 1. The Balaban J connectivity index is 2.36. The molecule has 114 valence electrons. The monoisotopic (exact) mass is 316 g/mol. The van der Waals surface area contributed by atoms with Gasteiger partial charge in [0.1, 0.15) is 0 Å². The summed E-state index contributed by atoms with van der Waals surface area (Å²) in [7, 11) is 1.28. The van der Waals surface area contributed by atoms with Crippen molar-refractivity contribution in [3.8, 4) is 0 Å². The second-order valence-corrected chi connectivity index (χ2v) is 5.72. The highest BCUT2D eigenvalue weighted by molar-refractivity contribution is 7.99. The molecule has 0 unspecified atom stereocenters. The number of aryl methyl sites for hydroxylation is 1. The first-order valence-corrected chi connectivity index (χ1v) is 7.59. The van der Waals surface area contributed by atoms with Crippen LogP contribution in [0.3, 0.4) is 0 Å². The number of hydrogen-bond donors (Lipinski definition) is 1. The lowest BCUT2D eigenvalue weighted by molar-refractivity contribution is 0.0597. The normalized spacial score (nSPS) is 10.3. The number of methoxy groups -OCH3 is 1. The average molecular weight is 316 g/mol. The van der Waals surface area contributed by atoms with Crippen LogP contribution in [0.2, 0.25) is 0 Å². The molecule has 0 aliphatic heterocycles. The van der Waals surface area contributed by atoms with Gasteiger partial charge in [-0.25, -0.2) is 9.59 Å². The molecule has 0 saturated carbocycles. The van der Waals surface area contributed by atoms with E-state index in [1.165, 1.54) is 36.6 Å². The molecule has 0 radical (unpaired) electrons. The van der Waals surface area contributed by atoms with Crippen molar-refractivity contribution in [2.75, 3.05) is 7.11 Å². The zero-order chi connectivity index (χ0) is 16.1. The largest absolute Gasteiger partial charge is 0.478 e. The summed E-state index contributed by atoms with van der Waals surface area (Å²) < 4.78 is 4.74. The van der Waals surface area contributed by atoms with Crippen molar-refractivity contribution in [1.29, 1.82) is 0 Å². The summed E-state index contributed by atoms with van der Waals surface area (Å²) in [5, 5.41) is 9.04.